The topological polar surface area (TPSA) is 17.8 Å². The van der Waals surface area contributed by atoms with Gasteiger partial charge < -0.3 is 0 Å². The fourth-order valence-electron chi connectivity index (χ4n) is 2.27. The van der Waals surface area contributed by atoms with E-state index in [9.17, 15) is 4.39 Å². The number of rotatable bonds is 3. The second-order valence-corrected chi connectivity index (χ2v) is 5.90. The van der Waals surface area contributed by atoms with Gasteiger partial charge in [0, 0.05) is 15.9 Å². The number of halogens is 3. The van der Waals surface area contributed by atoms with Crippen LogP contribution in [0.3, 0.4) is 0 Å². The first-order valence-electron chi connectivity index (χ1n) is 6.19. The van der Waals surface area contributed by atoms with Crippen LogP contribution in [0, 0.1) is 9.39 Å². The Kier molecular flexibility index (Phi) is 3.94. The molecule has 0 amide bonds. The molecule has 0 unspecified atom stereocenters. The van der Waals surface area contributed by atoms with Crippen molar-refractivity contribution in [3.8, 4) is 5.69 Å². The number of benzene rings is 2. The monoisotopic (exact) mass is 400 g/mol. The molecule has 0 aliphatic heterocycles. The van der Waals surface area contributed by atoms with Crippen LogP contribution in [0.5, 0.6) is 0 Å². The predicted octanol–water partition coefficient (Wildman–Crippen LogP) is 4.55. The summed E-state index contributed by atoms with van der Waals surface area (Å²) in [7, 11) is 0. The molecular formula is C15H11ClFIN2. The van der Waals surface area contributed by atoms with Crippen molar-refractivity contribution < 1.29 is 4.39 Å². The number of para-hydroxylation sites is 2. The third kappa shape index (κ3) is 2.31. The van der Waals surface area contributed by atoms with Gasteiger partial charge in [0.2, 0.25) is 0 Å². The highest BCUT2D eigenvalue weighted by molar-refractivity contribution is 14.1. The van der Waals surface area contributed by atoms with Crippen molar-refractivity contribution in [1.82, 2.24) is 9.55 Å². The largest absolute Gasteiger partial charge is 0.295 e. The molecule has 0 saturated carbocycles. The van der Waals surface area contributed by atoms with Gasteiger partial charge in [0.05, 0.1) is 11.2 Å². The molecule has 102 valence electrons. The fourth-order valence-corrected chi connectivity index (χ4v) is 3.06. The summed E-state index contributed by atoms with van der Waals surface area (Å²) in [5.41, 5.74) is 2.17. The quantitative estimate of drug-likeness (QED) is 0.466. The first kappa shape index (κ1) is 13.8. The van der Waals surface area contributed by atoms with Crippen molar-refractivity contribution in [2.45, 2.75) is 6.42 Å². The lowest BCUT2D eigenvalue weighted by molar-refractivity contribution is 0.637. The minimum Gasteiger partial charge on any atom is -0.295 e. The molecule has 20 heavy (non-hydrogen) atoms. The molecule has 0 fully saturated rings. The van der Waals surface area contributed by atoms with Crippen LogP contribution in [0.2, 0.25) is 0 Å². The molecule has 0 aliphatic rings. The molecule has 0 aliphatic carbocycles. The maximum absolute atomic E-state index is 13.9. The molecule has 2 aromatic carbocycles. The van der Waals surface area contributed by atoms with E-state index >= 15 is 0 Å². The van der Waals surface area contributed by atoms with Crippen molar-refractivity contribution in [2.24, 2.45) is 0 Å². The lowest BCUT2D eigenvalue weighted by atomic mass is 10.2. The van der Waals surface area contributed by atoms with Gasteiger partial charge in [-0.1, -0.05) is 18.2 Å². The number of hydrogen-bond donors (Lipinski definition) is 0. The van der Waals surface area contributed by atoms with E-state index in [0.717, 1.165) is 20.6 Å². The first-order chi connectivity index (χ1) is 9.72. The van der Waals surface area contributed by atoms with Gasteiger partial charge in [-0.05, 0) is 46.9 Å². The molecule has 2 nitrogen and oxygen atoms in total. The summed E-state index contributed by atoms with van der Waals surface area (Å²) in [5.74, 6) is 0.932. The number of alkyl halides is 1. The van der Waals surface area contributed by atoms with Crippen LogP contribution in [0.15, 0.2) is 42.5 Å². The maximum atomic E-state index is 13.9. The summed E-state index contributed by atoms with van der Waals surface area (Å²) in [4.78, 5) is 4.42. The van der Waals surface area contributed by atoms with Gasteiger partial charge in [-0.2, -0.15) is 0 Å². The Morgan fingerprint density at radius 2 is 1.95 bits per heavy atom. The van der Waals surface area contributed by atoms with Crippen molar-refractivity contribution in [3.63, 3.8) is 0 Å². The molecule has 0 atom stereocenters. The van der Waals surface area contributed by atoms with Crippen LogP contribution in [0.25, 0.3) is 16.7 Å². The van der Waals surface area contributed by atoms with Gasteiger partial charge in [-0.3, -0.25) is 4.57 Å². The van der Waals surface area contributed by atoms with Crippen molar-refractivity contribution >= 4 is 45.2 Å². The van der Waals surface area contributed by atoms with E-state index < -0.39 is 0 Å². The van der Waals surface area contributed by atoms with Crippen LogP contribution in [-0.2, 0) is 6.42 Å². The zero-order chi connectivity index (χ0) is 14.1. The summed E-state index contributed by atoms with van der Waals surface area (Å²) >= 11 is 8.13. The molecule has 0 N–H and O–H groups in total. The lowest BCUT2D eigenvalue weighted by Crippen LogP contribution is -2.03. The Balaban J connectivity index is 2.35. The van der Waals surface area contributed by atoms with Gasteiger partial charge in [0.25, 0.3) is 0 Å². The molecular weight excluding hydrogens is 390 g/mol. The SMILES string of the molecule is Fc1cccc2c1nc(CCCl)n2-c1ccccc1I. The van der Waals surface area contributed by atoms with Crippen LogP contribution >= 0.6 is 34.2 Å². The van der Waals surface area contributed by atoms with Crippen molar-refractivity contribution in [1.29, 1.82) is 0 Å². The summed E-state index contributed by atoms with van der Waals surface area (Å²) in [6, 6.07) is 13.0. The second-order valence-electron chi connectivity index (χ2n) is 4.36. The molecule has 0 spiro atoms. The van der Waals surface area contributed by atoms with Crippen LogP contribution < -0.4 is 0 Å². The lowest BCUT2D eigenvalue weighted by Gasteiger charge is -2.10. The number of imidazole rings is 1. The van der Waals surface area contributed by atoms with Gasteiger partial charge in [0.15, 0.2) is 5.82 Å². The Morgan fingerprint density at radius 1 is 1.15 bits per heavy atom. The minimum absolute atomic E-state index is 0.303. The van der Waals surface area contributed by atoms with E-state index in [-0.39, 0.29) is 5.82 Å². The number of fused-ring (bicyclic) bond motifs is 1. The smallest absolute Gasteiger partial charge is 0.151 e. The number of hydrogen-bond acceptors (Lipinski definition) is 1. The number of aryl methyl sites for hydroxylation is 1. The van der Waals surface area contributed by atoms with E-state index in [0.29, 0.717) is 17.8 Å². The highest BCUT2D eigenvalue weighted by atomic mass is 127. The standard InChI is InChI=1S/C15H11ClFIN2/c16-9-8-14-19-15-10(17)4-3-7-13(15)20(14)12-6-2-1-5-11(12)18/h1-7H,8-9H2. The first-order valence-corrected chi connectivity index (χ1v) is 7.80. The molecule has 5 heteroatoms. The van der Waals surface area contributed by atoms with E-state index in [1.807, 2.05) is 34.9 Å². The van der Waals surface area contributed by atoms with E-state index in [1.54, 1.807) is 6.07 Å². The third-order valence-electron chi connectivity index (χ3n) is 3.12. The molecule has 0 bridgehead atoms. The maximum Gasteiger partial charge on any atom is 0.151 e. The number of nitrogens with zero attached hydrogens (tertiary/aromatic N) is 2. The molecule has 3 rings (SSSR count). The van der Waals surface area contributed by atoms with Crippen LogP contribution in [-0.4, -0.2) is 15.4 Å². The predicted molar refractivity (Wildman–Crippen MR) is 88.2 cm³/mol. The summed E-state index contributed by atoms with van der Waals surface area (Å²) in [5, 5.41) is 0. The molecule has 1 heterocycles. The summed E-state index contributed by atoms with van der Waals surface area (Å²) in [6.45, 7) is 0. The van der Waals surface area contributed by atoms with E-state index in [1.165, 1.54) is 6.07 Å². The van der Waals surface area contributed by atoms with Gasteiger partial charge in [-0.25, -0.2) is 9.37 Å². The molecule has 3 aromatic rings. The third-order valence-corrected chi connectivity index (χ3v) is 4.22. The minimum atomic E-state index is -0.303. The highest BCUT2D eigenvalue weighted by Gasteiger charge is 2.15. The van der Waals surface area contributed by atoms with E-state index in [2.05, 4.69) is 27.6 Å². The van der Waals surface area contributed by atoms with Crippen LogP contribution in [0.1, 0.15) is 5.82 Å². The average Bonchev–Trinajstić information content (AvgIpc) is 2.80. The van der Waals surface area contributed by atoms with E-state index in [4.69, 9.17) is 11.6 Å². The van der Waals surface area contributed by atoms with Gasteiger partial charge in [0.1, 0.15) is 11.3 Å². The summed E-state index contributed by atoms with van der Waals surface area (Å²) < 4.78 is 17.0. The van der Waals surface area contributed by atoms with Gasteiger partial charge >= 0.3 is 0 Å². The normalized spacial score (nSPS) is 11.2. The van der Waals surface area contributed by atoms with Crippen molar-refractivity contribution in [3.05, 3.63) is 57.7 Å². The summed E-state index contributed by atoms with van der Waals surface area (Å²) in [6.07, 6.45) is 0.598. The molecule has 0 radical (unpaired) electrons. The Bertz CT molecular complexity index is 770. The Morgan fingerprint density at radius 3 is 2.70 bits per heavy atom. The van der Waals surface area contributed by atoms with Crippen LogP contribution in [0.4, 0.5) is 4.39 Å². The highest BCUT2D eigenvalue weighted by Crippen LogP contribution is 2.26. The Labute approximate surface area is 134 Å². The fraction of sp³-hybridized carbons (Fsp3) is 0.133. The second kappa shape index (κ2) is 5.69. The van der Waals surface area contributed by atoms with Crippen molar-refractivity contribution in [2.75, 3.05) is 5.88 Å². The molecule has 0 saturated heterocycles. The zero-order valence-corrected chi connectivity index (χ0v) is 13.4. The molecule has 1 aromatic heterocycles. The number of aromatic nitrogens is 2. The van der Waals surface area contributed by atoms with Gasteiger partial charge in [-0.15, -0.1) is 11.6 Å². The average molecular weight is 401 g/mol. The Hall–Kier alpha value is -1.14. The zero-order valence-electron chi connectivity index (χ0n) is 10.5.